The van der Waals surface area contributed by atoms with E-state index in [0.29, 0.717) is 12.4 Å². The number of sulfonamides is 1. The van der Waals surface area contributed by atoms with Crippen LogP contribution in [0, 0.1) is 11.6 Å². The quantitative estimate of drug-likeness (QED) is 0.546. The van der Waals surface area contributed by atoms with Crippen LogP contribution in [0.5, 0.6) is 5.75 Å². The molecule has 3 aromatic rings. The van der Waals surface area contributed by atoms with E-state index < -0.39 is 27.6 Å². The van der Waals surface area contributed by atoms with Crippen molar-refractivity contribution in [1.82, 2.24) is 5.32 Å². The molecule has 9 heteroatoms. The van der Waals surface area contributed by atoms with Gasteiger partial charge in [-0.05, 0) is 73.7 Å². The van der Waals surface area contributed by atoms with Gasteiger partial charge in [-0.3, -0.25) is 9.52 Å². The molecule has 0 atom stereocenters. The van der Waals surface area contributed by atoms with Crippen LogP contribution in [0.1, 0.15) is 22.8 Å². The van der Waals surface area contributed by atoms with E-state index >= 15 is 0 Å². The molecule has 0 saturated heterocycles. The molecule has 0 aliphatic rings. The minimum absolute atomic E-state index is 0.0214. The highest BCUT2D eigenvalue weighted by molar-refractivity contribution is 7.92. The summed E-state index contributed by atoms with van der Waals surface area (Å²) in [5.41, 5.74) is 0.524. The topological polar surface area (TPSA) is 84.5 Å². The lowest BCUT2D eigenvalue weighted by Crippen LogP contribution is -2.23. The van der Waals surface area contributed by atoms with Crippen molar-refractivity contribution in [2.45, 2.75) is 18.4 Å². The molecule has 2 N–H and O–H groups in total. The van der Waals surface area contributed by atoms with Crippen molar-refractivity contribution < 1.29 is 26.7 Å². The number of rotatable bonds is 8. The first-order chi connectivity index (χ1) is 14.8. The highest BCUT2D eigenvalue weighted by Crippen LogP contribution is 2.20. The zero-order chi connectivity index (χ0) is 22.4. The third-order valence-electron chi connectivity index (χ3n) is 4.29. The monoisotopic (exact) mass is 446 g/mol. The Morgan fingerprint density at radius 3 is 2.29 bits per heavy atom. The van der Waals surface area contributed by atoms with E-state index in [0.717, 1.165) is 18.2 Å². The fourth-order valence-electron chi connectivity index (χ4n) is 2.74. The summed E-state index contributed by atoms with van der Waals surface area (Å²) in [5.74, 6) is -1.17. The van der Waals surface area contributed by atoms with E-state index in [2.05, 4.69) is 10.0 Å². The summed E-state index contributed by atoms with van der Waals surface area (Å²) in [6.45, 7) is 2.12. The van der Waals surface area contributed by atoms with Crippen LogP contribution in [0.25, 0.3) is 0 Å². The lowest BCUT2D eigenvalue weighted by molar-refractivity contribution is 0.0950. The van der Waals surface area contributed by atoms with Gasteiger partial charge in [0, 0.05) is 23.4 Å². The predicted molar refractivity (Wildman–Crippen MR) is 112 cm³/mol. The van der Waals surface area contributed by atoms with Crippen molar-refractivity contribution in [3.05, 3.63) is 89.5 Å². The average Bonchev–Trinajstić information content (AvgIpc) is 2.75. The first-order valence-corrected chi connectivity index (χ1v) is 10.8. The number of benzene rings is 3. The van der Waals surface area contributed by atoms with Crippen LogP contribution in [-0.4, -0.2) is 20.9 Å². The van der Waals surface area contributed by atoms with E-state index in [-0.39, 0.29) is 28.3 Å². The SMILES string of the molecule is CCOc1ccc(S(=O)(=O)Nc2ccc(C(=O)NCc3cc(F)ccc3F)cc2)cc1. The predicted octanol–water partition coefficient (Wildman–Crippen LogP) is 4.09. The molecule has 3 rings (SSSR count). The number of carbonyl (C=O) groups excluding carboxylic acids is 1. The Bertz CT molecular complexity index is 1170. The molecule has 0 spiro atoms. The summed E-state index contributed by atoms with van der Waals surface area (Å²) in [5, 5.41) is 2.50. The molecule has 0 bridgehead atoms. The van der Waals surface area contributed by atoms with E-state index in [1.165, 1.54) is 36.4 Å². The van der Waals surface area contributed by atoms with Crippen molar-refractivity contribution in [1.29, 1.82) is 0 Å². The van der Waals surface area contributed by atoms with E-state index in [1.807, 2.05) is 6.92 Å². The molecule has 0 aromatic heterocycles. The lowest BCUT2D eigenvalue weighted by Gasteiger charge is -2.10. The van der Waals surface area contributed by atoms with Gasteiger partial charge >= 0.3 is 0 Å². The van der Waals surface area contributed by atoms with Crippen LogP contribution in [0.4, 0.5) is 14.5 Å². The number of anilines is 1. The first kappa shape index (κ1) is 22.2. The second-order valence-corrected chi connectivity index (χ2v) is 8.19. The van der Waals surface area contributed by atoms with E-state index in [1.54, 1.807) is 12.1 Å². The Balaban J connectivity index is 1.63. The van der Waals surface area contributed by atoms with Gasteiger partial charge in [-0.1, -0.05) is 0 Å². The molecule has 1 amide bonds. The number of hydrogen-bond acceptors (Lipinski definition) is 4. The molecule has 31 heavy (non-hydrogen) atoms. The molecule has 6 nitrogen and oxygen atoms in total. The Kier molecular flexibility index (Phi) is 6.86. The largest absolute Gasteiger partial charge is 0.494 e. The molecular formula is C22H20F2N2O4S. The first-order valence-electron chi connectivity index (χ1n) is 9.36. The van der Waals surface area contributed by atoms with Crippen LogP contribution >= 0.6 is 0 Å². The number of halogens is 2. The van der Waals surface area contributed by atoms with Gasteiger partial charge in [-0.15, -0.1) is 0 Å². The Hall–Kier alpha value is -3.46. The smallest absolute Gasteiger partial charge is 0.261 e. The summed E-state index contributed by atoms with van der Waals surface area (Å²) in [6.07, 6.45) is 0. The summed E-state index contributed by atoms with van der Waals surface area (Å²) < 4.78 is 59.6. The van der Waals surface area contributed by atoms with Crippen molar-refractivity contribution in [3.8, 4) is 5.75 Å². The van der Waals surface area contributed by atoms with Crippen molar-refractivity contribution >= 4 is 21.6 Å². The van der Waals surface area contributed by atoms with Crippen LogP contribution in [0.2, 0.25) is 0 Å². The molecule has 0 saturated carbocycles. The second-order valence-electron chi connectivity index (χ2n) is 6.51. The van der Waals surface area contributed by atoms with Crippen LogP contribution < -0.4 is 14.8 Å². The van der Waals surface area contributed by atoms with Gasteiger partial charge in [0.25, 0.3) is 15.9 Å². The van der Waals surface area contributed by atoms with E-state index in [4.69, 9.17) is 4.74 Å². The van der Waals surface area contributed by atoms with Gasteiger partial charge in [-0.2, -0.15) is 0 Å². The maximum Gasteiger partial charge on any atom is 0.261 e. The van der Waals surface area contributed by atoms with E-state index in [9.17, 15) is 22.0 Å². The van der Waals surface area contributed by atoms with Crippen molar-refractivity contribution in [2.24, 2.45) is 0 Å². The number of carbonyl (C=O) groups is 1. The van der Waals surface area contributed by atoms with Crippen molar-refractivity contribution in [2.75, 3.05) is 11.3 Å². The summed E-state index contributed by atoms with van der Waals surface area (Å²) in [7, 11) is -3.82. The maximum absolute atomic E-state index is 13.6. The Labute approximate surface area is 178 Å². The van der Waals surface area contributed by atoms with Gasteiger partial charge in [0.05, 0.1) is 11.5 Å². The van der Waals surface area contributed by atoms with Gasteiger partial charge in [0.1, 0.15) is 17.4 Å². The zero-order valence-corrected chi connectivity index (χ0v) is 17.4. The minimum atomic E-state index is -3.82. The molecule has 0 aliphatic carbocycles. The van der Waals surface area contributed by atoms with Crippen LogP contribution in [-0.2, 0) is 16.6 Å². The molecule has 0 radical (unpaired) electrons. The summed E-state index contributed by atoms with van der Waals surface area (Å²) in [4.78, 5) is 12.3. The third kappa shape index (κ3) is 5.79. The molecule has 162 valence electrons. The fraction of sp³-hybridized carbons (Fsp3) is 0.136. The molecule has 0 fully saturated rings. The zero-order valence-electron chi connectivity index (χ0n) is 16.6. The number of hydrogen-bond donors (Lipinski definition) is 2. The van der Waals surface area contributed by atoms with Gasteiger partial charge in [0.15, 0.2) is 0 Å². The van der Waals surface area contributed by atoms with Crippen LogP contribution in [0.3, 0.4) is 0 Å². The second kappa shape index (κ2) is 9.57. The average molecular weight is 446 g/mol. The molecule has 0 unspecified atom stereocenters. The van der Waals surface area contributed by atoms with Gasteiger partial charge < -0.3 is 10.1 Å². The van der Waals surface area contributed by atoms with Gasteiger partial charge in [0.2, 0.25) is 0 Å². The van der Waals surface area contributed by atoms with Gasteiger partial charge in [-0.25, -0.2) is 17.2 Å². The normalized spacial score (nSPS) is 11.1. The third-order valence-corrected chi connectivity index (χ3v) is 5.69. The van der Waals surface area contributed by atoms with Crippen molar-refractivity contribution in [3.63, 3.8) is 0 Å². The molecule has 3 aromatic carbocycles. The minimum Gasteiger partial charge on any atom is -0.494 e. The number of amides is 1. The summed E-state index contributed by atoms with van der Waals surface area (Å²) >= 11 is 0. The number of ether oxygens (including phenoxy) is 1. The standard InChI is InChI=1S/C22H20F2N2O4S/c1-2-30-19-8-10-20(11-9-19)31(28,29)26-18-6-3-15(4-7-18)22(27)25-14-16-13-17(23)5-12-21(16)24/h3-13,26H,2,14H2,1H3,(H,25,27). The summed E-state index contributed by atoms with van der Waals surface area (Å²) in [6, 6.07) is 14.7. The van der Waals surface area contributed by atoms with Crippen LogP contribution in [0.15, 0.2) is 71.6 Å². The highest BCUT2D eigenvalue weighted by atomic mass is 32.2. The Morgan fingerprint density at radius 1 is 0.968 bits per heavy atom. The lowest BCUT2D eigenvalue weighted by atomic mass is 10.1. The Morgan fingerprint density at radius 2 is 1.65 bits per heavy atom. The number of nitrogens with one attached hydrogen (secondary N) is 2. The molecule has 0 heterocycles. The molecular weight excluding hydrogens is 426 g/mol. The molecule has 0 aliphatic heterocycles. The highest BCUT2D eigenvalue weighted by Gasteiger charge is 2.15. The maximum atomic E-state index is 13.6. The fourth-order valence-corrected chi connectivity index (χ4v) is 3.80.